The van der Waals surface area contributed by atoms with Gasteiger partial charge in [0.1, 0.15) is 5.82 Å². The van der Waals surface area contributed by atoms with Crippen LogP contribution in [0.4, 0.5) is 11.5 Å². The Balaban J connectivity index is 1.93. The van der Waals surface area contributed by atoms with Gasteiger partial charge in [0.15, 0.2) is 5.16 Å². The van der Waals surface area contributed by atoms with Crippen molar-refractivity contribution in [3.8, 4) is 0 Å². The summed E-state index contributed by atoms with van der Waals surface area (Å²) in [5.74, 6) is 0.473. The molecule has 0 aliphatic rings. The first kappa shape index (κ1) is 19.3. The third-order valence-corrected chi connectivity index (χ3v) is 3.98. The lowest BCUT2D eigenvalue weighted by atomic mass is 10.2. The van der Waals surface area contributed by atoms with E-state index in [1.54, 1.807) is 18.2 Å². The summed E-state index contributed by atoms with van der Waals surface area (Å²) in [5, 5.41) is 15.2. The second-order valence-corrected chi connectivity index (χ2v) is 6.38. The van der Waals surface area contributed by atoms with Crippen LogP contribution >= 0.6 is 11.8 Å². The van der Waals surface area contributed by atoms with Gasteiger partial charge >= 0.3 is 0 Å². The number of aryl methyl sites for hydroxylation is 1. The Kier molecular flexibility index (Phi) is 6.61. The van der Waals surface area contributed by atoms with Gasteiger partial charge in [0.05, 0.1) is 22.5 Å². The molecule has 1 N–H and O–H groups in total. The number of nitro groups is 1. The maximum absolute atomic E-state index is 11.9. The quantitative estimate of drug-likeness (QED) is 0.259. The van der Waals surface area contributed by atoms with Crippen LogP contribution in [0, 0.1) is 17.0 Å². The molecule has 0 fully saturated rings. The number of nitrogens with zero attached hydrogens (tertiary/aromatic N) is 5. The first-order valence-corrected chi connectivity index (χ1v) is 8.56. The third kappa shape index (κ3) is 5.52. The zero-order valence-corrected chi connectivity index (χ0v) is 15.4. The van der Waals surface area contributed by atoms with Crippen molar-refractivity contribution in [2.45, 2.75) is 12.1 Å². The van der Waals surface area contributed by atoms with Crippen LogP contribution in [0.3, 0.4) is 0 Å². The van der Waals surface area contributed by atoms with E-state index >= 15 is 0 Å². The Bertz CT molecular complexity index is 840. The zero-order chi connectivity index (χ0) is 19.1. The van der Waals surface area contributed by atoms with Crippen LogP contribution in [0.2, 0.25) is 0 Å². The second-order valence-electron chi connectivity index (χ2n) is 5.44. The third-order valence-electron chi connectivity index (χ3n) is 3.14. The van der Waals surface area contributed by atoms with Gasteiger partial charge in [-0.3, -0.25) is 14.9 Å². The molecular weight excluding hydrogens is 356 g/mol. The summed E-state index contributed by atoms with van der Waals surface area (Å²) >= 11 is 1.19. The Morgan fingerprint density at radius 2 is 2.12 bits per heavy atom. The van der Waals surface area contributed by atoms with Crippen molar-refractivity contribution in [1.29, 1.82) is 0 Å². The number of amides is 1. The number of benzene rings is 1. The molecule has 0 atom stereocenters. The highest BCUT2D eigenvalue weighted by molar-refractivity contribution is 7.99. The van der Waals surface area contributed by atoms with E-state index in [-0.39, 0.29) is 17.3 Å². The lowest BCUT2D eigenvalue weighted by Crippen LogP contribution is -2.20. The molecular formula is C16H18N6O3S. The molecule has 1 amide bonds. The minimum atomic E-state index is -0.504. The monoisotopic (exact) mass is 374 g/mol. The van der Waals surface area contributed by atoms with E-state index in [0.29, 0.717) is 10.7 Å². The summed E-state index contributed by atoms with van der Waals surface area (Å²) < 4.78 is 0. The Hall–Kier alpha value is -3.01. The van der Waals surface area contributed by atoms with Crippen molar-refractivity contribution in [3.05, 3.63) is 51.7 Å². The topological polar surface area (TPSA) is 114 Å². The average molecular weight is 374 g/mol. The van der Waals surface area contributed by atoms with Crippen molar-refractivity contribution < 1.29 is 9.72 Å². The maximum Gasteiger partial charge on any atom is 0.278 e. The highest BCUT2D eigenvalue weighted by Gasteiger charge is 2.11. The van der Waals surface area contributed by atoms with Crippen LogP contribution in [0.25, 0.3) is 0 Å². The molecule has 0 bridgehead atoms. The minimum absolute atomic E-state index is 0.0740. The highest BCUT2D eigenvalue weighted by atomic mass is 32.2. The minimum Gasteiger partial charge on any atom is -0.363 e. The summed E-state index contributed by atoms with van der Waals surface area (Å²) in [6.07, 6.45) is 1.24. The molecule has 0 aliphatic heterocycles. The van der Waals surface area contributed by atoms with Gasteiger partial charge in [0.2, 0.25) is 0 Å². The van der Waals surface area contributed by atoms with E-state index in [1.807, 2.05) is 32.0 Å². The summed E-state index contributed by atoms with van der Waals surface area (Å²) in [5.41, 5.74) is 3.38. The van der Waals surface area contributed by atoms with Crippen LogP contribution in [0.15, 0.2) is 40.6 Å². The molecule has 2 rings (SSSR count). The average Bonchev–Trinajstić information content (AvgIpc) is 2.59. The molecule has 0 saturated carbocycles. The van der Waals surface area contributed by atoms with Crippen LogP contribution < -0.4 is 10.3 Å². The Morgan fingerprint density at radius 3 is 2.81 bits per heavy atom. The number of hydrogen-bond acceptors (Lipinski definition) is 8. The van der Waals surface area contributed by atoms with Crippen LogP contribution in [0.1, 0.15) is 11.3 Å². The molecule has 1 heterocycles. The standard InChI is InChI=1S/C16H18N6O3S/c1-11-8-14(21(2)3)19-16(18-11)26-10-15(23)20-17-9-12-6-4-5-7-13(12)22(24)25/h4-9H,10H2,1-3H3,(H,20,23). The SMILES string of the molecule is Cc1cc(N(C)C)nc(SCC(=O)NN=Cc2ccccc2[N+](=O)[O-])n1. The van der Waals surface area contributed by atoms with E-state index in [1.165, 1.54) is 24.0 Å². The van der Waals surface area contributed by atoms with Crippen molar-refractivity contribution in [2.24, 2.45) is 5.10 Å². The fraction of sp³-hybridized carbons (Fsp3) is 0.250. The van der Waals surface area contributed by atoms with Crippen LogP contribution in [-0.2, 0) is 4.79 Å². The molecule has 0 spiro atoms. The number of carbonyl (C=O) groups is 1. The van der Waals surface area contributed by atoms with Crippen molar-refractivity contribution >= 4 is 35.4 Å². The molecule has 0 unspecified atom stereocenters. The van der Waals surface area contributed by atoms with Gasteiger partial charge in [-0.1, -0.05) is 23.9 Å². The molecule has 9 nitrogen and oxygen atoms in total. The Labute approximate surface area is 154 Å². The second kappa shape index (κ2) is 8.90. The molecule has 2 aromatic rings. The van der Waals surface area contributed by atoms with Gasteiger partial charge in [0.25, 0.3) is 11.6 Å². The lowest BCUT2D eigenvalue weighted by Gasteiger charge is -2.12. The van der Waals surface area contributed by atoms with Gasteiger partial charge in [-0.25, -0.2) is 15.4 Å². The number of nitro benzene ring substituents is 1. The fourth-order valence-electron chi connectivity index (χ4n) is 1.92. The Morgan fingerprint density at radius 1 is 1.38 bits per heavy atom. The maximum atomic E-state index is 11.9. The van der Waals surface area contributed by atoms with Gasteiger partial charge in [-0.2, -0.15) is 5.10 Å². The normalized spacial score (nSPS) is 10.7. The van der Waals surface area contributed by atoms with E-state index < -0.39 is 4.92 Å². The number of carbonyl (C=O) groups excluding carboxylic acids is 1. The number of nitrogens with one attached hydrogen (secondary N) is 1. The number of rotatable bonds is 7. The number of hydrogen-bond donors (Lipinski definition) is 1. The molecule has 136 valence electrons. The lowest BCUT2D eigenvalue weighted by molar-refractivity contribution is -0.385. The molecule has 10 heteroatoms. The number of thioether (sulfide) groups is 1. The van der Waals surface area contributed by atoms with E-state index in [0.717, 1.165) is 11.5 Å². The van der Waals surface area contributed by atoms with Gasteiger partial charge in [-0.05, 0) is 13.0 Å². The number of aromatic nitrogens is 2. The van der Waals surface area contributed by atoms with Crippen LogP contribution in [0.5, 0.6) is 0 Å². The molecule has 0 saturated heterocycles. The molecule has 1 aromatic carbocycles. The van der Waals surface area contributed by atoms with Crippen LogP contribution in [-0.4, -0.2) is 46.9 Å². The van der Waals surface area contributed by atoms with Crippen molar-refractivity contribution in [3.63, 3.8) is 0 Å². The summed E-state index contributed by atoms with van der Waals surface area (Å²) in [6, 6.07) is 7.99. The molecule has 26 heavy (non-hydrogen) atoms. The predicted octanol–water partition coefficient (Wildman–Crippen LogP) is 2.00. The molecule has 0 aliphatic carbocycles. The molecule has 1 aromatic heterocycles. The first-order valence-electron chi connectivity index (χ1n) is 7.58. The molecule has 0 radical (unpaired) electrons. The zero-order valence-electron chi connectivity index (χ0n) is 14.5. The predicted molar refractivity (Wildman–Crippen MR) is 101 cm³/mol. The summed E-state index contributed by atoms with van der Waals surface area (Å²) in [4.78, 5) is 32.8. The van der Waals surface area contributed by atoms with Gasteiger partial charge in [0, 0.05) is 31.9 Å². The smallest absolute Gasteiger partial charge is 0.278 e. The summed E-state index contributed by atoms with van der Waals surface area (Å²) in [6.45, 7) is 1.86. The largest absolute Gasteiger partial charge is 0.363 e. The van der Waals surface area contributed by atoms with E-state index in [2.05, 4.69) is 20.5 Å². The van der Waals surface area contributed by atoms with Crippen molar-refractivity contribution in [2.75, 3.05) is 24.7 Å². The van der Waals surface area contributed by atoms with Crippen molar-refractivity contribution in [1.82, 2.24) is 15.4 Å². The summed E-state index contributed by atoms with van der Waals surface area (Å²) in [7, 11) is 3.75. The van der Waals surface area contributed by atoms with E-state index in [4.69, 9.17) is 0 Å². The highest BCUT2D eigenvalue weighted by Crippen LogP contribution is 2.18. The number of anilines is 1. The van der Waals surface area contributed by atoms with E-state index in [9.17, 15) is 14.9 Å². The number of hydrazone groups is 1. The van der Waals surface area contributed by atoms with Gasteiger partial charge in [-0.15, -0.1) is 0 Å². The number of para-hydroxylation sites is 1. The first-order chi connectivity index (χ1) is 12.4. The fourth-order valence-corrected chi connectivity index (χ4v) is 2.61. The van der Waals surface area contributed by atoms with Gasteiger partial charge < -0.3 is 4.90 Å².